The quantitative estimate of drug-likeness (QED) is 0.638. The second kappa shape index (κ2) is 10.3. The molecule has 1 aromatic heterocycles. The average molecular weight is 314 g/mol. The third-order valence-electron chi connectivity index (χ3n) is 2.99. The molecule has 0 spiro atoms. The van der Waals surface area contributed by atoms with Gasteiger partial charge in [-0.05, 0) is 12.3 Å². The first kappa shape index (κ1) is 18.6. The third-order valence-corrected chi connectivity index (χ3v) is 4.14. The molecular weight excluding hydrogens is 284 g/mol. The van der Waals surface area contributed by atoms with Gasteiger partial charge in [-0.25, -0.2) is 4.98 Å². The van der Waals surface area contributed by atoms with Crippen LogP contribution in [-0.2, 0) is 28.9 Å². The zero-order chi connectivity index (χ0) is 15.7. The van der Waals surface area contributed by atoms with Crippen molar-refractivity contribution >= 4 is 11.3 Å². The molecule has 0 saturated heterocycles. The van der Waals surface area contributed by atoms with Crippen molar-refractivity contribution in [1.29, 1.82) is 0 Å². The minimum absolute atomic E-state index is 0.500. The van der Waals surface area contributed by atoms with Crippen LogP contribution in [0.3, 0.4) is 0 Å². The molecule has 0 aliphatic heterocycles. The zero-order valence-corrected chi connectivity index (χ0v) is 14.9. The summed E-state index contributed by atoms with van der Waals surface area (Å²) in [5.74, 6) is 0.635. The Balaban J connectivity index is 2.55. The fourth-order valence-electron chi connectivity index (χ4n) is 1.93. The number of nitrogens with zero attached hydrogens (tertiary/aromatic N) is 1. The van der Waals surface area contributed by atoms with E-state index in [-0.39, 0.29) is 0 Å². The molecule has 4 nitrogen and oxygen atoms in total. The van der Waals surface area contributed by atoms with Gasteiger partial charge in [-0.3, -0.25) is 0 Å². The summed E-state index contributed by atoms with van der Waals surface area (Å²) in [7, 11) is 1.69. The molecule has 1 rings (SSSR count). The average Bonchev–Trinajstić information content (AvgIpc) is 2.77. The van der Waals surface area contributed by atoms with E-state index in [1.165, 1.54) is 15.6 Å². The summed E-state index contributed by atoms with van der Waals surface area (Å²) in [6.45, 7) is 11.8. The molecule has 1 heterocycles. The van der Waals surface area contributed by atoms with Crippen molar-refractivity contribution in [3.05, 3.63) is 15.6 Å². The molecule has 1 aromatic rings. The number of hydrogen-bond acceptors (Lipinski definition) is 5. The first-order chi connectivity index (χ1) is 10.0. The van der Waals surface area contributed by atoms with E-state index in [2.05, 4.69) is 33.0 Å². The van der Waals surface area contributed by atoms with Gasteiger partial charge in [0.25, 0.3) is 0 Å². The molecule has 0 aromatic carbocycles. The van der Waals surface area contributed by atoms with E-state index in [1.807, 2.05) is 11.3 Å². The predicted molar refractivity (Wildman–Crippen MR) is 89.0 cm³/mol. The molecule has 5 heteroatoms. The van der Waals surface area contributed by atoms with Gasteiger partial charge in [0.15, 0.2) is 0 Å². The van der Waals surface area contributed by atoms with Crippen LogP contribution in [0.5, 0.6) is 0 Å². The van der Waals surface area contributed by atoms with Crippen LogP contribution in [0.4, 0.5) is 0 Å². The van der Waals surface area contributed by atoms with Gasteiger partial charge in [-0.2, -0.15) is 0 Å². The van der Waals surface area contributed by atoms with Crippen LogP contribution in [-0.4, -0.2) is 38.0 Å². The molecule has 0 aliphatic rings. The topological polar surface area (TPSA) is 43.4 Å². The van der Waals surface area contributed by atoms with Gasteiger partial charge in [0.2, 0.25) is 0 Å². The van der Waals surface area contributed by atoms with Gasteiger partial charge in [-0.1, -0.05) is 27.7 Å². The Labute approximate surface area is 133 Å². The van der Waals surface area contributed by atoms with Crippen molar-refractivity contribution in [3.63, 3.8) is 0 Å². The standard InChI is InChI=1S/C16H30N2O2S/c1-12(2)10-14-15(11-17-13(3)4)21-16(18-14)6-7-20-9-8-19-5/h12-13,17H,6-11H2,1-5H3. The van der Waals surface area contributed by atoms with Crippen molar-refractivity contribution in [3.8, 4) is 0 Å². The van der Waals surface area contributed by atoms with Crippen LogP contribution in [0.15, 0.2) is 0 Å². The SMILES string of the molecule is COCCOCCc1nc(CC(C)C)c(CNC(C)C)s1. The van der Waals surface area contributed by atoms with Gasteiger partial charge >= 0.3 is 0 Å². The molecule has 0 fully saturated rings. The smallest absolute Gasteiger partial charge is 0.0954 e. The highest BCUT2D eigenvalue weighted by molar-refractivity contribution is 7.11. The summed E-state index contributed by atoms with van der Waals surface area (Å²) in [4.78, 5) is 6.19. The number of ether oxygens (including phenoxy) is 2. The summed E-state index contributed by atoms with van der Waals surface area (Å²) in [5.41, 5.74) is 1.26. The van der Waals surface area contributed by atoms with E-state index >= 15 is 0 Å². The number of thiazole rings is 1. The number of methoxy groups -OCH3 is 1. The van der Waals surface area contributed by atoms with Crippen molar-refractivity contribution in [2.24, 2.45) is 5.92 Å². The monoisotopic (exact) mass is 314 g/mol. The Bertz CT molecular complexity index is 392. The summed E-state index contributed by atoms with van der Waals surface area (Å²) in [5, 5.41) is 4.68. The van der Waals surface area contributed by atoms with E-state index in [9.17, 15) is 0 Å². The maximum Gasteiger partial charge on any atom is 0.0954 e. The summed E-state index contributed by atoms with van der Waals surface area (Å²) in [6, 6.07) is 0.500. The minimum atomic E-state index is 0.500. The second-order valence-corrected chi connectivity index (χ2v) is 7.13. The van der Waals surface area contributed by atoms with E-state index in [1.54, 1.807) is 7.11 Å². The molecule has 0 atom stereocenters. The second-order valence-electron chi connectivity index (χ2n) is 5.97. The van der Waals surface area contributed by atoms with Gasteiger partial charge < -0.3 is 14.8 Å². The Morgan fingerprint density at radius 3 is 2.52 bits per heavy atom. The lowest BCUT2D eigenvalue weighted by Crippen LogP contribution is -2.22. The molecule has 0 radical (unpaired) electrons. The van der Waals surface area contributed by atoms with Crippen LogP contribution in [0.1, 0.15) is 43.3 Å². The van der Waals surface area contributed by atoms with Gasteiger partial charge in [0.1, 0.15) is 0 Å². The van der Waals surface area contributed by atoms with Crippen LogP contribution >= 0.6 is 11.3 Å². The van der Waals surface area contributed by atoms with Crippen molar-refractivity contribution in [2.75, 3.05) is 26.9 Å². The fourth-order valence-corrected chi connectivity index (χ4v) is 2.96. The first-order valence-corrected chi connectivity index (χ1v) is 8.62. The van der Waals surface area contributed by atoms with E-state index in [0.29, 0.717) is 25.2 Å². The number of aromatic nitrogens is 1. The van der Waals surface area contributed by atoms with Crippen LogP contribution in [0.2, 0.25) is 0 Å². The largest absolute Gasteiger partial charge is 0.382 e. The van der Waals surface area contributed by atoms with Crippen LogP contribution in [0.25, 0.3) is 0 Å². The Morgan fingerprint density at radius 1 is 1.14 bits per heavy atom. The van der Waals surface area contributed by atoms with Crippen LogP contribution < -0.4 is 5.32 Å². The summed E-state index contributed by atoms with van der Waals surface area (Å²) >= 11 is 1.82. The van der Waals surface area contributed by atoms with Gasteiger partial charge in [-0.15, -0.1) is 11.3 Å². The molecule has 0 bridgehead atoms. The van der Waals surface area contributed by atoms with Gasteiger partial charge in [0.05, 0.1) is 30.5 Å². The minimum Gasteiger partial charge on any atom is -0.382 e. The Kier molecular flexibility index (Phi) is 9.08. The lowest BCUT2D eigenvalue weighted by molar-refractivity contribution is 0.0722. The van der Waals surface area contributed by atoms with Crippen molar-refractivity contribution < 1.29 is 9.47 Å². The van der Waals surface area contributed by atoms with Crippen molar-refractivity contribution in [1.82, 2.24) is 10.3 Å². The number of rotatable bonds is 11. The zero-order valence-electron chi connectivity index (χ0n) is 14.1. The van der Waals surface area contributed by atoms with Crippen LogP contribution in [0, 0.1) is 5.92 Å². The lowest BCUT2D eigenvalue weighted by Gasteiger charge is -2.08. The van der Waals surface area contributed by atoms with E-state index < -0.39 is 0 Å². The third kappa shape index (κ3) is 7.90. The molecule has 0 saturated carbocycles. The number of hydrogen-bond donors (Lipinski definition) is 1. The predicted octanol–water partition coefficient (Wildman–Crippen LogP) is 3.05. The maximum absolute atomic E-state index is 5.53. The van der Waals surface area contributed by atoms with Gasteiger partial charge in [0, 0.05) is 31.0 Å². The molecule has 21 heavy (non-hydrogen) atoms. The highest BCUT2D eigenvalue weighted by Gasteiger charge is 2.12. The molecule has 122 valence electrons. The highest BCUT2D eigenvalue weighted by Crippen LogP contribution is 2.22. The van der Waals surface area contributed by atoms with Crippen molar-refractivity contribution in [2.45, 2.75) is 53.1 Å². The first-order valence-electron chi connectivity index (χ1n) is 7.80. The lowest BCUT2D eigenvalue weighted by atomic mass is 10.1. The van der Waals surface area contributed by atoms with E-state index in [0.717, 1.165) is 26.0 Å². The molecule has 0 unspecified atom stereocenters. The Morgan fingerprint density at radius 2 is 1.90 bits per heavy atom. The summed E-state index contributed by atoms with van der Waals surface area (Å²) < 4.78 is 10.5. The maximum atomic E-state index is 5.53. The summed E-state index contributed by atoms with van der Waals surface area (Å²) in [6.07, 6.45) is 1.94. The van der Waals surface area contributed by atoms with E-state index in [4.69, 9.17) is 14.5 Å². The highest BCUT2D eigenvalue weighted by atomic mass is 32.1. The molecule has 0 amide bonds. The number of nitrogens with one attached hydrogen (secondary N) is 1. The normalized spacial score (nSPS) is 11.8. The fraction of sp³-hybridized carbons (Fsp3) is 0.812. The Hall–Kier alpha value is -0.490. The molecular formula is C16H30N2O2S. The molecule has 0 aliphatic carbocycles. The molecule has 1 N–H and O–H groups in total.